The van der Waals surface area contributed by atoms with Crippen molar-refractivity contribution in [2.45, 2.75) is 39.7 Å². The molecule has 2 unspecified atom stereocenters. The lowest BCUT2D eigenvalue weighted by atomic mass is 10.0. The number of nitrogens with one attached hydrogen (secondary N) is 1. The van der Waals surface area contributed by atoms with Crippen molar-refractivity contribution in [2.75, 3.05) is 24.5 Å². The zero-order valence-electron chi connectivity index (χ0n) is 11.9. The molecule has 0 amide bonds. The highest BCUT2D eigenvalue weighted by Crippen LogP contribution is 2.25. The zero-order chi connectivity index (χ0) is 13.0. The van der Waals surface area contributed by atoms with Gasteiger partial charge < -0.3 is 10.2 Å². The molecule has 1 saturated heterocycles. The van der Waals surface area contributed by atoms with Crippen molar-refractivity contribution in [1.29, 1.82) is 0 Å². The van der Waals surface area contributed by atoms with E-state index in [2.05, 4.69) is 55.3 Å². The Morgan fingerprint density at radius 1 is 1.28 bits per heavy atom. The van der Waals surface area contributed by atoms with Crippen molar-refractivity contribution in [1.82, 2.24) is 5.32 Å². The van der Waals surface area contributed by atoms with E-state index in [0.29, 0.717) is 6.04 Å². The summed E-state index contributed by atoms with van der Waals surface area (Å²) in [5, 5.41) is 3.53. The fraction of sp³-hybridized carbons (Fsp3) is 0.625. The lowest BCUT2D eigenvalue weighted by Crippen LogP contribution is -2.21. The number of hydrogen-bond acceptors (Lipinski definition) is 2. The van der Waals surface area contributed by atoms with E-state index in [1.54, 1.807) is 0 Å². The highest BCUT2D eigenvalue weighted by Gasteiger charge is 2.18. The minimum Gasteiger partial charge on any atom is -0.371 e. The van der Waals surface area contributed by atoms with Gasteiger partial charge in [0.05, 0.1) is 0 Å². The zero-order valence-corrected chi connectivity index (χ0v) is 11.9. The Morgan fingerprint density at radius 2 is 2.00 bits per heavy atom. The van der Waals surface area contributed by atoms with E-state index < -0.39 is 0 Å². The fourth-order valence-electron chi connectivity index (χ4n) is 2.83. The van der Waals surface area contributed by atoms with Gasteiger partial charge in [0.2, 0.25) is 0 Å². The van der Waals surface area contributed by atoms with Gasteiger partial charge in [0.25, 0.3) is 0 Å². The first kappa shape index (κ1) is 13.4. The van der Waals surface area contributed by atoms with E-state index in [1.165, 1.54) is 30.8 Å². The molecular weight excluding hydrogens is 220 g/mol. The van der Waals surface area contributed by atoms with Crippen LogP contribution in [0.2, 0.25) is 0 Å². The molecule has 0 saturated carbocycles. The molecule has 18 heavy (non-hydrogen) atoms. The van der Waals surface area contributed by atoms with Crippen LogP contribution in [0.4, 0.5) is 5.69 Å². The molecule has 0 radical (unpaired) electrons. The van der Waals surface area contributed by atoms with Crippen molar-refractivity contribution in [3.05, 3.63) is 29.8 Å². The predicted octanol–water partition coefficient (Wildman–Crippen LogP) is 3.59. The summed E-state index contributed by atoms with van der Waals surface area (Å²) < 4.78 is 0. The van der Waals surface area contributed by atoms with E-state index in [0.717, 1.165) is 18.9 Å². The summed E-state index contributed by atoms with van der Waals surface area (Å²) >= 11 is 0. The molecule has 2 rings (SSSR count). The van der Waals surface area contributed by atoms with Gasteiger partial charge in [-0.2, -0.15) is 0 Å². The Hall–Kier alpha value is -1.02. The quantitative estimate of drug-likeness (QED) is 0.854. The normalized spacial score (nSPS) is 21.3. The minimum atomic E-state index is 0.501. The first-order valence-electron chi connectivity index (χ1n) is 7.32. The number of anilines is 1. The van der Waals surface area contributed by atoms with E-state index >= 15 is 0 Å². The summed E-state index contributed by atoms with van der Waals surface area (Å²) in [6.07, 6.45) is 2.48. The largest absolute Gasteiger partial charge is 0.371 e. The molecule has 0 spiro atoms. The van der Waals surface area contributed by atoms with Crippen LogP contribution in [0, 0.1) is 5.92 Å². The Bertz CT molecular complexity index is 335. The van der Waals surface area contributed by atoms with Crippen LogP contribution in [0.25, 0.3) is 0 Å². The summed E-state index contributed by atoms with van der Waals surface area (Å²) in [7, 11) is 0. The SMILES string of the molecule is CCNC(CC)c1ccc(N2CCC(C)C2)cc1. The molecule has 2 heteroatoms. The lowest BCUT2D eigenvalue weighted by molar-refractivity contribution is 0.537. The van der Waals surface area contributed by atoms with E-state index in [1.807, 2.05) is 0 Å². The van der Waals surface area contributed by atoms with E-state index in [4.69, 9.17) is 0 Å². The van der Waals surface area contributed by atoms with Crippen LogP contribution >= 0.6 is 0 Å². The van der Waals surface area contributed by atoms with Gasteiger partial charge in [-0.25, -0.2) is 0 Å². The highest BCUT2D eigenvalue weighted by molar-refractivity contribution is 5.48. The van der Waals surface area contributed by atoms with Gasteiger partial charge in [-0.1, -0.05) is 32.9 Å². The molecule has 1 heterocycles. The minimum absolute atomic E-state index is 0.501. The molecule has 1 aliphatic heterocycles. The maximum Gasteiger partial charge on any atom is 0.0366 e. The van der Waals surface area contributed by atoms with Gasteiger partial charge in [0.15, 0.2) is 0 Å². The first-order valence-corrected chi connectivity index (χ1v) is 7.32. The molecule has 100 valence electrons. The third kappa shape index (κ3) is 3.05. The monoisotopic (exact) mass is 246 g/mol. The molecule has 1 aromatic carbocycles. The second-order valence-electron chi connectivity index (χ2n) is 5.45. The van der Waals surface area contributed by atoms with E-state index in [9.17, 15) is 0 Å². The van der Waals surface area contributed by atoms with Gasteiger partial charge in [-0.05, 0) is 43.0 Å². The van der Waals surface area contributed by atoms with Crippen molar-refractivity contribution in [3.8, 4) is 0 Å². The summed E-state index contributed by atoms with van der Waals surface area (Å²) in [5.41, 5.74) is 2.80. The fourth-order valence-corrected chi connectivity index (χ4v) is 2.83. The summed E-state index contributed by atoms with van der Waals surface area (Å²) in [6, 6.07) is 9.65. The van der Waals surface area contributed by atoms with Crippen LogP contribution in [0.15, 0.2) is 24.3 Å². The molecule has 0 aliphatic carbocycles. The Morgan fingerprint density at radius 3 is 2.50 bits per heavy atom. The van der Waals surface area contributed by atoms with Crippen molar-refractivity contribution in [2.24, 2.45) is 5.92 Å². The van der Waals surface area contributed by atoms with Crippen LogP contribution < -0.4 is 10.2 Å². The second kappa shape index (κ2) is 6.24. The molecule has 0 bridgehead atoms. The third-order valence-corrected chi connectivity index (χ3v) is 3.94. The van der Waals surface area contributed by atoms with Crippen LogP contribution in [-0.4, -0.2) is 19.6 Å². The highest BCUT2D eigenvalue weighted by atomic mass is 15.1. The summed E-state index contributed by atoms with van der Waals surface area (Å²) in [4.78, 5) is 2.50. The number of rotatable bonds is 5. The Labute approximate surface area is 111 Å². The average Bonchev–Trinajstić information content (AvgIpc) is 2.83. The number of nitrogens with zero attached hydrogens (tertiary/aromatic N) is 1. The first-order chi connectivity index (χ1) is 8.74. The average molecular weight is 246 g/mol. The number of benzene rings is 1. The van der Waals surface area contributed by atoms with Crippen LogP contribution in [0.1, 0.15) is 45.2 Å². The lowest BCUT2D eigenvalue weighted by Gasteiger charge is -2.21. The molecule has 1 aliphatic rings. The topological polar surface area (TPSA) is 15.3 Å². The standard InChI is InChI=1S/C16H26N2/c1-4-16(17-5-2)14-6-8-15(9-7-14)18-11-10-13(3)12-18/h6-9,13,16-17H,4-5,10-12H2,1-3H3. The summed E-state index contributed by atoms with van der Waals surface area (Å²) in [6.45, 7) is 10.2. The number of hydrogen-bond donors (Lipinski definition) is 1. The van der Waals surface area contributed by atoms with Gasteiger partial charge in [0.1, 0.15) is 0 Å². The molecule has 2 atom stereocenters. The predicted molar refractivity (Wildman–Crippen MR) is 79.1 cm³/mol. The van der Waals surface area contributed by atoms with Gasteiger partial charge >= 0.3 is 0 Å². The second-order valence-corrected chi connectivity index (χ2v) is 5.45. The Balaban J connectivity index is 2.04. The van der Waals surface area contributed by atoms with Gasteiger partial charge in [-0.15, -0.1) is 0 Å². The van der Waals surface area contributed by atoms with Crippen molar-refractivity contribution >= 4 is 5.69 Å². The van der Waals surface area contributed by atoms with Gasteiger partial charge in [0, 0.05) is 24.8 Å². The summed E-state index contributed by atoms with van der Waals surface area (Å²) in [5.74, 6) is 0.842. The van der Waals surface area contributed by atoms with Crippen molar-refractivity contribution < 1.29 is 0 Å². The molecule has 1 fully saturated rings. The molecule has 1 N–H and O–H groups in total. The maximum atomic E-state index is 3.53. The van der Waals surface area contributed by atoms with Crippen LogP contribution in [0.5, 0.6) is 0 Å². The molecule has 0 aromatic heterocycles. The maximum absolute atomic E-state index is 3.53. The molecular formula is C16H26N2. The van der Waals surface area contributed by atoms with Crippen LogP contribution in [0.3, 0.4) is 0 Å². The molecule has 1 aromatic rings. The van der Waals surface area contributed by atoms with E-state index in [-0.39, 0.29) is 0 Å². The smallest absolute Gasteiger partial charge is 0.0366 e. The van der Waals surface area contributed by atoms with Crippen molar-refractivity contribution in [3.63, 3.8) is 0 Å². The third-order valence-electron chi connectivity index (χ3n) is 3.94. The Kier molecular flexibility index (Phi) is 4.65. The van der Waals surface area contributed by atoms with Gasteiger partial charge in [-0.3, -0.25) is 0 Å². The molecule has 2 nitrogen and oxygen atoms in total. The van der Waals surface area contributed by atoms with Crippen LogP contribution in [-0.2, 0) is 0 Å².